The van der Waals surface area contributed by atoms with Gasteiger partial charge in [-0.25, -0.2) is 4.39 Å². The van der Waals surface area contributed by atoms with E-state index in [2.05, 4.69) is 37.4 Å². The van der Waals surface area contributed by atoms with Gasteiger partial charge in [0, 0.05) is 11.1 Å². The predicted molar refractivity (Wildman–Crippen MR) is 82.7 cm³/mol. The Kier molecular flexibility index (Phi) is 5.16. The summed E-state index contributed by atoms with van der Waals surface area (Å²) in [5.74, 6) is -0.243. The summed E-state index contributed by atoms with van der Waals surface area (Å²) in [4.78, 5) is 0. The Hall–Kier alpha value is -1.38. The maximum atomic E-state index is 13.9. The van der Waals surface area contributed by atoms with Gasteiger partial charge in [-0.05, 0) is 43.1 Å². The molecular formula is C17H19ClFN. The minimum Gasteiger partial charge on any atom is -0.310 e. The Morgan fingerprint density at radius 3 is 2.65 bits per heavy atom. The summed E-state index contributed by atoms with van der Waals surface area (Å²) in [5, 5.41) is 3.85. The van der Waals surface area contributed by atoms with Crippen LogP contribution in [-0.2, 0) is 6.42 Å². The van der Waals surface area contributed by atoms with Gasteiger partial charge in [0.15, 0.2) is 0 Å². The lowest BCUT2D eigenvalue weighted by atomic mass is 9.97. The molecule has 0 spiro atoms. The van der Waals surface area contributed by atoms with Crippen molar-refractivity contribution in [3.8, 4) is 0 Å². The molecular weight excluding hydrogens is 273 g/mol. The Morgan fingerprint density at radius 2 is 2.00 bits per heavy atom. The standard InChI is InChI=1S/C17H19ClFN/c1-3-20-17(14-6-4-5-12(2)9-14)10-13-7-8-15(18)11-16(13)19/h4-9,11,17,20H,3,10H2,1-2H3. The van der Waals surface area contributed by atoms with Gasteiger partial charge in [-0.3, -0.25) is 0 Å². The molecule has 0 aliphatic carbocycles. The van der Waals surface area contributed by atoms with E-state index in [-0.39, 0.29) is 11.9 Å². The van der Waals surface area contributed by atoms with E-state index in [0.717, 1.165) is 6.54 Å². The first kappa shape index (κ1) is 15.0. The molecule has 1 nitrogen and oxygen atoms in total. The van der Waals surface area contributed by atoms with E-state index in [9.17, 15) is 4.39 Å². The summed E-state index contributed by atoms with van der Waals surface area (Å²) in [7, 11) is 0. The van der Waals surface area contributed by atoms with Crippen molar-refractivity contribution < 1.29 is 4.39 Å². The largest absolute Gasteiger partial charge is 0.310 e. The second kappa shape index (κ2) is 6.87. The van der Waals surface area contributed by atoms with E-state index in [0.29, 0.717) is 17.0 Å². The van der Waals surface area contributed by atoms with Crippen molar-refractivity contribution in [3.63, 3.8) is 0 Å². The maximum Gasteiger partial charge on any atom is 0.127 e. The molecule has 0 saturated heterocycles. The van der Waals surface area contributed by atoms with Crippen LogP contribution in [0.25, 0.3) is 0 Å². The van der Waals surface area contributed by atoms with Crippen LogP contribution in [0.15, 0.2) is 42.5 Å². The molecule has 2 rings (SSSR count). The van der Waals surface area contributed by atoms with Crippen LogP contribution in [0.4, 0.5) is 4.39 Å². The molecule has 0 amide bonds. The van der Waals surface area contributed by atoms with Crippen LogP contribution in [0, 0.1) is 12.7 Å². The molecule has 1 atom stereocenters. The fourth-order valence-corrected chi connectivity index (χ4v) is 2.51. The molecule has 2 aromatic carbocycles. The quantitative estimate of drug-likeness (QED) is 0.843. The predicted octanol–water partition coefficient (Wildman–Crippen LogP) is 4.68. The molecule has 0 heterocycles. The monoisotopic (exact) mass is 291 g/mol. The van der Waals surface area contributed by atoms with Crippen molar-refractivity contribution in [1.29, 1.82) is 0 Å². The van der Waals surface area contributed by atoms with Gasteiger partial charge in [0.1, 0.15) is 5.82 Å². The molecule has 0 saturated carbocycles. The molecule has 0 bridgehead atoms. The zero-order chi connectivity index (χ0) is 14.5. The molecule has 2 aromatic rings. The van der Waals surface area contributed by atoms with Gasteiger partial charge in [0.05, 0.1) is 0 Å². The molecule has 0 aromatic heterocycles. The summed E-state index contributed by atoms with van der Waals surface area (Å²) >= 11 is 5.80. The van der Waals surface area contributed by atoms with Crippen molar-refractivity contribution in [2.45, 2.75) is 26.3 Å². The van der Waals surface area contributed by atoms with E-state index >= 15 is 0 Å². The Balaban J connectivity index is 2.25. The van der Waals surface area contributed by atoms with Crippen LogP contribution in [0.1, 0.15) is 29.7 Å². The average molecular weight is 292 g/mol. The fourth-order valence-electron chi connectivity index (χ4n) is 2.35. The minimum absolute atomic E-state index is 0.107. The van der Waals surface area contributed by atoms with Crippen LogP contribution < -0.4 is 5.32 Å². The second-order valence-corrected chi connectivity index (χ2v) is 5.40. The normalized spacial score (nSPS) is 12.4. The summed E-state index contributed by atoms with van der Waals surface area (Å²) < 4.78 is 13.9. The molecule has 0 radical (unpaired) electrons. The highest BCUT2D eigenvalue weighted by Gasteiger charge is 2.14. The van der Waals surface area contributed by atoms with Crippen molar-refractivity contribution in [1.82, 2.24) is 5.32 Å². The number of aryl methyl sites for hydroxylation is 1. The number of hydrogen-bond acceptors (Lipinski definition) is 1. The topological polar surface area (TPSA) is 12.0 Å². The molecule has 106 valence electrons. The zero-order valence-corrected chi connectivity index (χ0v) is 12.5. The van der Waals surface area contributed by atoms with Gasteiger partial charge in [-0.2, -0.15) is 0 Å². The third kappa shape index (κ3) is 3.81. The molecule has 0 aliphatic heterocycles. The summed E-state index contributed by atoms with van der Waals surface area (Å²) in [6, 6.07) is 13.3. The minimum atomic E-state index is -0.243. The third-order valence-electron chi connectivity index (χ3n) is 3.33. The van der Waals surface area contributed by atoms with Gasteiger partial charge in [-0.15, -0.1) is 0 Å². The van der Waals surface area contributed by atoms with Gasteiger partial charge in [0.25, 0.3) is 0 Å². The lowest BCUT2D eigenvalue weighted by Crippen LogP contribution is -2.23. The first-order valence-electron chi connectivity index (χ1n) is 6.84. The van der Waals surface area contributed by atoms with Gasteiger partial charge >= 0.3 is 0 Å². The summed E-state index contributed by atoms with van der Waals surface area (Å²) in [5.41, 5.74) is 3.07. The number of benzene rings is 2. The average Bonchev–Trinajstić information content (AvgIpc) is 2.41. The highest BCUT2D eigenvalue weighted by atomic mass is 35.5. The zero-order valence-electron chi connectivity index (χ0n) is 11.8. The van der Waals surface area contributed by atoms with Crippen molar-refractivity contribution in [3.05, 3.63) is 70.0 Å². The van der Waals surface area contributed by atoms with E-state index < -0.39 is 0 Å². The fraction of sp³-hybridized carbons (Fsp3) is 0.294. The molecule has 0 aliphatic rings. The number of hydrogen-bond donors (Lipinski definition) is 1. The van der Waals surface area contributed by atoms with Crippen LogP contribution in [0.3, 0.4) is 0 Å². The van der Waals surface area contributed by atoms with E-state index in [4.69, 9.17) is 11.6 Å². The van der Waals surface area contributed by atoms with Crippen LogP contribution >= 0.6 is 11.6 Å². The van der Waals surface area contributed by atoms with Crippen LogP contribution in [-0.4, -0.2) is 6.54 Å². The van der Waals surface area contributed by atoms with Crippen molar-refractivity contribution in [2.24, 2.45) is 0 Å². The highest BCUT2D eigenvalue weighted by Crippen LogP contribution is 2.23. The Bertz CT molecular complexity index is 583. The first-order valence-corrected chi connectivity index (χ1v) is 7.22. The van der Waals surface area contributed by atoms with Crippen LogP contribution in [0.5, 0.6) is 0 Å². The van der Waals surface area contributed by atoms with E-state index in [1.807, 2.05) is 6.07 Å². The summed E-state index contributed by atoms with van der Waals surface area (Å²) in [6.45, 7) is 4.96. The number of halogens is 2. The van der Waals surface area contributed by atoms with Crippen LogP contribution in [0.2, 0.25) is 5.02 Å². The second-order valence-electron chi connectivity index (χ2n) is 4.96. The molecule has 20 heavy (non-hydrogen) atoms. The van der Waals surface area contributed by atoms with Gasteiger partial charge in [-0.1, -0.05) is 54.4 Å². The van der Waals surface area contributed by atoms with Crippen molar-refractivity contribution >= 4 is 11.6 Å². The number of nitrogens with one attached hydrogen (secondary N) is 1. The third-order valence-corrected chi connectivity index (χ3v) is 3.57. The molecule has 0 fully saturated rings. The smallest absolute Gasteiger partial charge is 0.127 e. The SMILES string of the molecule is CCNC(Cc1ccc(Cl)cc1F)c1cccc(C)c1. The Morgan fingerprint density at radius 1 is 1.20 bits per heavy atom. The molecule has 1 unspecified atom stereocenters. The first-order chi connectivity index (χ1) is 9.60. The molecule has 3 heteroatoms. The van der Waals surface area contributed by atoms with E-state index in [1.54, 1.807) is 12.1 Å². The van der Waals surface area contributed by atoms with Gasteiger partial charge < -0.3 is 5.32 Å². The highest BCUT2D eigenvalue weighted by molar-refractivity contribution is 6.30. The maximum absolute atomic E-state index is 13.9. The lowest BCUT2D eigenvalue weighted by molar-refractivity contribution is 0.528. The lowest BCUT2D eigenvalue weighted by Gasteiger charge is -2.19. The molecule has 1 N–H and O–H groups in total. The number of likely N-dealkylation sites (N-methyl/N-ethyl adjacent to an activating group) is 1. The Labute approximate surface area is 124 Å². The summed E-state index contributed by atoms with van der Waals surface area (Å²) in [6.07, 6.45) is 0.611. The van der Waals surface area contributed by atoms with E-state index in [1.165, 1.54) is 17.2 Å². The van der Waals surface area contributed by atoms with Gasteiger partial charge in [0.2, 0.25) is 0 Å². The van der Waals surface area contributed by atoms with Crippen molar-refractivity contribution in [2.75, 3.05) is 6.54 Å². The number of rotatable bonds is 5.